The van der Waals surface area contributed by atoms with Crippen LogP contribution < -0.4 is 114 Å². The van der Waals surface area contributed by atoms with Gasteiger partial charge in [-0.2, -0.15) is 39.9 Å². The second-order valence-electron chi connectivity index (χ2n) is 29.1. The number of aliphatic imine (C=N–C) groups is 16. The summed E-state index contributed by atoms with van der Waals surface area (Å²) in [6.45, 7) is 14.1. The van der Waals surface area contributed by atoms with Gasteiger partial charge in [0.1, 0.15) is 0 Å². The van der Waals surface area contributed by atoms with E-state index in [4.69, 9.17) is 213 Å². The molecule has 0 amide bonds. The van der Waals surface area contributed by atoms with Crippen LogP contribution in [0.3, 0.4) is 0 Å². The monoisotopic (exact) mass is 2060 g/mol. The quantitative estimate of drug-likeness (QED) is 0.0264. The fourth-order valence-electron chi connectivity index (χ4n) is 9.49. The van der Waals surface area contributed by atoms with Crippen LogP contribution in [0.15, 0.2) is 268 Å². The molecule has 0 atom stereocenters. The number of nitrogens with two attached hydrogens (primary N) is 19. The molecule has 742 valence electrons. The van der Waals surface area contributed by atoms with Crippen LogP contribution in [-0.2, 0) is 32.4 Å². The van der Waals surface area contributed by atoms with Gasteiger partial charge >= 0.3 is 0 Å². The Morgan fingerprint density at radius 2 is 0.599 bits per heavy atom. The number of hydrogen-bond donors (Lipinski definition) is 19. The van der Waals surface area contributed by atoms with Crippen molar-refractivity contribution in [3.63, 3.8) is 0 Å². The lowest BCUT2D eigenvalue weighted by atomic mass is 10.1. The van der Waals surface area contributed by atoms with E-state index in [1.165, 1.54) is 0 Å². The molecule has 8 aromatic rings. The Bertz CT molecular complexity index is 5570. The van der Waals surface area contributed by atoms with Crippen molar-refractivity contribution in [3.8, 4) is 0 Å². The first-order valence-electron chi connectivity index (χ1n) is 41.1. The molecule has 0 fully saturated rings. The summed E-state index contributed by atoms with van der Waals surface area (Å²) in [5.74, 6) is 1.98. The highest BCUT2D eigenvalue weighted by molar-refractivity contribution is 6.42. The number of hydrogen-bond acceptors (Lipinski definition) is 8. The van der Waals surface area contributed by atoms with Crippen molar-refractivity contribution in [2.75, 3.05) is 73.9 Å². The van der Waals surface area contributed by atoms with Crippen LogP contribution in [0.1, 0.15) is 69.4 Å². The van der Waals surface area contributed by atoms with Crippen LogP contribution in [0.2, 0.25) is 45.2 Å². The minimum absolute atomic E-state index is 0.0295. The maximum atomic E-state index is 6.11. The van der Waals surface area contributed by atoms with Gasteiger partial charge in [0.2, 0.25) is 53.6 Å². The second kappa shape index (κ2) is 66.7. The second-order valence-corrected chi connectivity index (χ2v) is 32.8. The third kappa shape index (κ3) is 55.7. The summed E-state index contributed by atoms with van der Waals surface area (Å²) < 4.78 is 0. The van der Waals surface area contributed by atoms with Gasteiger partial charge in [-0.05, 0) is 161 Å². The Morgan fingerprint density at radius 3 is 0.993 bits per heavy atom. The molecule has 0 saturated heterocycles. The molecule has 40 nitrogen and oxygen atoms in total. The smallest absolute Gasteiger partial charge is 0.223 e. The fraction of sp³-hybridized carbons (Fsp3) is 0.273. The number of rotatable bonds is 19. The molecule has 0 spiro atoms. The Morgan fingerprint density at radius 1 is 0.277 bits per heavy atom. The topological polar surface area (TPSA) is 708 Å². The molecule has 0 saturated carbocycles. The first-order valence-corrected chi connectivity index (χ1v) is 44.5. The molecule has 49 heteroatoms. The van der Waals surface area contributed by atoms with E-state index in [-0.39, 0.29) is 95.6 Å². The summed E-state index contributed by atoms with van der Waals surface area (Å²) in [6, 6.07) is 57.4. The summed E-state index contributed by atoms with van der Waals surface area (Å²) >= 11 is 53.7. The third-order valence-corrected chi connectivity index (χ3v) is 19.3. The Hall–Kier alpha value is -13.7. The summed E-state index contributed by atoms with van der Waals surface area (Å²) in [5.41, 5.74) is 111. The summed E-state index contributed by atoms with van der Waals surface area (Å²) in [5, 5.41) is 5.49. The molecule has 8 aromatic carbocycles. The SMILES string of the molecule is CC(C)N=C(N)N=C(N)N(C)CCc1ccccc1Cl.CC(C)N=C(N)N=C(N)N(C)Cc1ccccc1Cl.CC(C)N=C(N)N=C(N)N(C)c1ccccc1Cl.CN(C)C(N)=NC(N)=NCCc1ccc(Cl)c(Cl)c1.CN(C)C(N)=NC(N)=Nc1ccccc1Cl.NC(N)=NC(N)=NCCc1ccccc1Cl.NC(N)=NC(N)=NCc1ccccc1Cl.NC(N)=NC(N)=Nc1ccccc1Cl. The van der Waals surface area contributed by atoms with Crippen LogP contribution in [0.25, 0.3) is 0 Å². The highest BCUT2D eigenvalue weighted by Gasteiger charge is 2.13. The number of nitrogens with zero attached hydrogens (tertiary/aromatic N) is 21. The zero-order chi connectivity index (χ0) is 104. The van der Waals surface area contributed by atoms with Crippen LogP contribution in [-0.4, -0.2) is 202 Å². The van der Waals surface area contributed by atoms with Gasteiger partial charge in [0.25, 0.3) is 0 Å². The molecule has 0 aliphatic carbocycles. The lowest BCUT2D eigenvalue weighted by Crippen LogP contribution is -2.37. The van der Waals surface area contributed by atoms with Crippen molar-refractivity contribution in [2.24, 2.45) is 189 Å². The van der Waals surface area contributed by atoms with Crippen LogP contribution in [0, 0.1) is 0 Å². The Kier molecular flexibility index (Phi) is 59.0. The summed E-state index contributed by atoms with van der Waals surface area (Å²) in [6.07, 6.45) is 2.18. The number of benzene rings is 8. The molecule has 0 heterocycles. The lowest BCUT2D eigenvalue weighted by Gasteiger charge is -2.19. The van der Waals surface area contributed by atoms with E-state index in [2.05, 4.69) is 79.9 Å². The van der Waals surface area contributed by atoms with E-state index < -0.39 is 0 Å². The molecule has 0 radical (unpaired) electrons. The van der Waals surface area contributed by atoms with Gasteiger partial charge in [-0.15, -0.1) is 0 Å². The number of guanidine groups is 16. The average molecular weight is 2060 g/mol. The zero-order valence-electron chi connectivity index (χ0n) is 78.5. The number of para-hydroxylation sites is 3. The van der Waals surface area contributed by atoms with E-state index >= 15 is 0 Å². The first kappa shape index (κ1) is 121. The standard InChI is InChI=1S/C14H22ClN5.C13H20ClN5.C12H17Cl2N5.C12H18ClN5.2C10H14ClN5.C9H12ClN5.C8H10ClN5/c1-10(2)18-13(16)19-14(17)20(3)9-8-11-6-4-5-7-12(11)15;1-9(2)17-12(15)18-13(16)19(3)8-10-6-4-5-7-11(10)14;1-19(2)12(16)18-11(15)17-6-5-8-3-4-9(13)10(14)7-8;1-8(2)16-11(14)17-12(15)18(3)10-7-5-4-6-9(10)13;1-16(2)10(13)15-9(12)14-8-6-4-3-5-7(8)11;11-8-4-2-1-3-7(8)5-6-15-10(14)16-9(12)13;10-7-4-2-1-3-6(7)5-14-9(13)15-8(11)12;9-5-3-1-2-4-6(5)13-8(12)14-7(10)11/h4-7,10H,8-9H2,1-3H3,(H4,16,17,18,19);4-7,9H,8H2,1-3H3,(H4,15,16,17,18);3-4,7H,5-6H2,1-2H3,(H4,15,16,17,18);4-8H,1-3H3,(H4,14,15,16,17);3-6H,1-2H3,(H4,12,13,14,15);1-4H,5-6H2,(H6,12,13,14,15,16);1-4H,5H2,(H6,11,12,13,14,15);1-4H,(H6,10,11,12,13,14). The van der Waals surface area contributed by atoms with Crippen molar-refractivity contribution in [1.29, 1.82) is 0 Å². The molecule has 8 rings (SSSR count). The summed E-state index contributed by atoms with van der Waals surface area (Å²) in [4.78, 5) is 71.6. The minimum Gasteiger partial charge on any atom is -0.370 e. The van der Waals surface area contributed by atoms with E-state index in [0.29, 0.717) is 110 Å². The third-order valence-electron chi connectivity index (χ3n) is 16.2. The van der Waals surface area contributed by atoms with E-state index in [9.17, 15) is 0 Å². The highest BCUT2D eigenvalue weighted by Crippen LogP contribution is 2.28. The predicted octanol–water partition coefficient (Wildman–Crippen LogP) is 9.82. The molecule has 0 bridgehead atoms. The predicted molar refractivity (Wildman–Crippen MR) is 584 cm³/mol. The van der Waals surface area contributed by atoms with E-state index in [1.807, 2.05) is 194 Å². The van der Waals surface area contributed by atoms with Crippen molar-refractivity contribution >= 4 is 217 Å². The van der Waals surface area contributed by atoms with Gasteiger partial charge in [-0.1, -0.05) is 220 Å². The van der Waals surface area contributed by atoms with Crippen molar-refractivity contribution < 1.29 is 0 Å². The van der Waals surface area contributed by atoms with Gasteiger partial charge in [-0.25, -0.2) is 30.0 Å². The fourth-order valence-corrected chi connectivity index (χ4v) is 11.3. The molecular weight excluding hydrogens is 1940 g/mol. The maximum Gasteiger partial charge on any atom is 0.223 e. The number of anilines is 1. The number of halogens is 9. The molecular formula is C88H127Cl9N40. The minimum atomic E-state index is -0.140. The van der Waals surface area contributed by atoms with Gasteiger partial charge in [0.15, 0.2) is 41.7 Å². The average Bonchev–Trinajstić information content (AvgIpc) is 0.859. The molecule has 0 aromatic heterocycles. The molecule has 0 aliphatic heterocycles. The van der Waals surface area contributed by atoms with E-state index in [0.717, 1.165) is 50.0 Å². The molecule has 137 heavy (non-hydrogen) atoms. The van der Waals surface area contributed by atoms with Crippen LogP contribution in [0.4, 0.5) is 17.1 Å². The number of likely N-dealkylation sites (N-methyl/N-ethyl adjacent to an activating group) is 1. The van der Waals surface area contributed by atoms with Gasteiger partial charge < -0.3 is 133 Å². The maximum absolute atomic E-state index is 6.11. The molecule has 0 unspecified atom stereocenters. The Labute approximate surface area is 846 Å². The van der Waals surface area contributed by atoms with Gasteiger partial charge in [0.05, 0.1) is 48.7 Å². The van der Waals surface area contributed by atoms with E-state index in [1.54, 1.807) is 109 Å². The first-order chi connectivity index (χ1) is 64.4. The van der Waals surface area contributed by atoms with Crippen molar-refractivity contribution in [1.82, 2.24) is 19.6 Å². The normalized spacial score (nSPS) is 12.3. The van der Waals surface area contributed by atoms with Crippen LogP contribution in [0.5, 0.6) is 0 Å². The zero-order valence-corrected chi connectivity index (χ0v) is 85.4. The van der Waals surface area contributed by atoms with Crippen molar-refractivity contribution in [2.45, 2.75) is 92.0 Å². The molecule has 0 aliphatic rings. The van der Waals surface area contributed by atoms with Gasteiger partial charge in [-0.3, -0.25) is 9.98 Å². The highest BCUT2D eigenvalue weighted by atomic mass is 35.5. The molecule has 38 N–H and O–H groups in total. The van der Waals surface area contributed by atoms with Gasteiger partial charge in [0, 0.05) is 114 Å². The van der Waals surface area contributed by atoms with Crippen LogP contribution >= 0.6 is 104 Å². The Balaban J connectivity index is 0.000000785. The lowest BCUT2D eigenvalue weighted by molar-refractivity contribution is 0.495. The summed E-state index contributed by atoms with van der Waals surface area (Å²) in [7, 11) is 12.5. The largest absolute Gasteiger partial charge is 0.370 e. The van der Waals surface area contributed by atoms with Crippen molar-refractivity contribution in [3.05, 3.63) is 261 Å².